The lowest BCUT2D eigenvalue weighted by molar-refractivity contribution is -0.138. The molecule has 1 atom stereocenters. The number of rotatable bonds is 4. The predicted molar refractivity (Wildman–Crippen MR) is 40.5 cm³/mol. The average Bonchev–Trinajstić information content (AvgIpc) is 1.87. The summed E-state index contributed by atoms with van der Waals surface area (Å²) in [4.78, 5) is 14.2. The highest BCUT2D eigenvalue weighted by atomic mass is 16.4. The highest BCUT2D eigenvalue weighted by Crippen LogP contribution is 2.00. The predicted octanol–water partition coefficient (Wildman–Crippen LogP) is 1.33. The van der Waals surface area contributed by atoms with E-state index < -0.39 is 12.0 Å². The summed E-state index contributed by atoms with van der Waals surface area (Å²) in [5, 5.41) is 8.52. The van der Waals surface area contributed by atoms with Crippen molar-refractivity contribution >= 4 is 12.2 Å². The smallest absolute Gasteiger partial charge is 0.328 e. The lowest BCUT2D eigenvalue weighted by atomic mass is 10.2. The van der Waals surface area contributed by atoms with Gasteiger partial charge in [0.15, 0.2) is 0 Å². The number of carboxylic acids is 1. The summed E-state index contributed by atoms with van der Waals surface area (Å²) in [6, 6.07) is -0.532. The highest BCUT2D eigenvalue weighted by molar-refractivity contribution is 5.75. The Labute approximate surface area is 60.8 Å². The first-order chi connectivity index (χ1) is 4.72. The molecule has 0 aromatic heterocycles. The molecule has 0 radical (unpaired) electrons. The molecule has 0 amide bonds. The van der Waals surface area contributed by atoms with Crippen molar-refractivity contribution in [3.8, 4) is 0 Å². The molecule has 0 aromatic rings. The number of carboxylic acid groups (broad SMARTS) is 1. The SMILES string of the molecule is CC=NC(CCC)C(=O)O. The average molecular weight is 143 g/mol. The van der Waals surface area contributed by atoms with Crippen LogP contribution in [0.5, 0.6) is 0 Å². The van der Waals surface area contributed by atoms with Gasteiger partial charge in [-0.15, -0.1) is 0 Å². The molecule has 58 valence electrons. The summed E-state index contributed by atoms with van der Waals surface area (Å²) >= 11 is 0. The van der Waals surface area contributed by atoms with E-state index in [-0.39, 0.29) is 0 Å². The van der Waals surface area contributed by atoms with Gasteiger partial charge in [0.05, 0.1) is 0 Å². The van der Waals surface area contributed by atoms with E-state index in [9.17, 15) is 4.79 Å². The second-order valence-electron chi connectivity index (χ2n) is 2.05. The van der Waals surface area contributed by atoms with Crippen LogP contribution in [0.3, 0.4) is 0 Å². The van der Waals surface area contributed by atoms with Crippen LogP contribution in [0.15, 0.2) is 4.99 Å². The van der Waals surface area contributed by atoms with Crippen LogP contribution in [-0.4, -0.2) is 23.3 Å². The number of hydrogen-bond donors (Lipinski definition) is 1. The van der Waals surface area contributed by atoms with Crippen LogP contribution in [-0.2, 0) is 4.79 Å². The van der Waals surface area contributed by atoms with Crippen molar-refractivity contribution in [1.82, 2.24) is 0 Å². The van der Waals surface area contributed by atoms with Crippen molar-refractivity contribution < 1.29 is 9.90 Å². The van der Waals surface area contributed by atoms with Gasteiger partial charge in [-0.05, 0) is 19.6 Å². The lowest BCUT2D eigenvalue weighted by Crippen LogP contribution is -2.17. The molecule has 0 aromatic carbocycles. The summed E-state index contributed by atoms with van der Waals surface area (Å²) in [5.74, 6) is -0.833. The fourth-order valence-corrected chi connectivity index (χ4v) is 0.715. The molecule has 10 heavy (non-hydrogen) atoms. The third-order valence-electron chi connectivity index (χ3n) is 1.18. The van der Waals surface area contributed by atoms with E-state index in [1.807, 2.05) is 6.92 Å². The Morgan fingerprint density at radius 2 is 2.40 bits per heavy atom. The maximum absolute atomic E-state index is 10.4. The Hall–Kier alpha value is -0.860. The van der Waals surface area contributed by atoms with Gasteiger partial charge in [0.2, 0.25) is 0 Å². The Morgan fingerprint density at radius 1 is 1.80 bits per heavy atom. The Balaban J connectivity index is 3.85. The largest absolute Gasteiger partial charge is 0.480 e. The number of aliphatic imine (C=N–C) groups is 1. The number of hydrogen-bond acceptors (Lipinski definition) is 2. The van der Waals surface area contributed by atoms with Gasteiger partial charge in [-0.1, -0.05) is 13.3 Å². The molecule has 0 rings (SSSR count). The second-order valence-corrected chi connectivity index (χ2v) is 2.05. The first kappa shape index (κ1) is 9.14. The third kappa shape index (κ3) is 3.22. The van der Waals surface area contributed by atoms with Crippen LogP contribution in [0.1, 0.15) is 26.7 Å². The molecule has 0 aliphatic heterocycles. The van der Waals surface area contributed by atoms with Crippen molar-refractivity contribution in [3.63, 3.8) is 0 Å². The Bertz CT molecular complexity index is 132. The van der Waals surface area contributed by atoms with E-state index in [2.05, 4.69) is 4.99 Å². The maximum atomic E-state index is 10.4. The third-order valence-corrected chi connectivity index (χ3v) is 1.18. The van der Waals surface area contributed by atoms with E-state index in [0.29, 0.717) is 6.42 Å². The van der Waals surface area contributed by atoms with E-state index in [0.717, 1.165) is 6.42 Å². The Morgan fingerprint density at radius 3 is 2.70 bits per heavy atom. The summed E-state index contributed by atoms with van der Waals surface area (Å²) in [5.41, 5.74) is 0. The van der Waals surface area contributed by atoms with Crippen LogP contribution >= 0.6 is 0 Å². The minimum atomic E-state index is -0.833. The number of aliphatic carboxylic acids is 1. The van der Waals surface area contributed by atoms with Crippen molar-refractivity contribution in [2.75, 3.05) is 0 Å². The zero-order valence-electron chi connectivity index (χ0n) is 6.37. The molecule has 0 bridgehead atoms. The Kier molecular flexibility index (Phi) is 4.54. The van der Waals surface area contributed by atoms with E-state index in [1.165, 1.54) is 6.21 Å². The molecule has 0 heterocycles. The van der Waals surface area contributed by atoms with Gasteiger partial charge in [0, 0.05) is 0 Å². The molecule has 3 heteroatoms. The van der Waals surface area contributed by atoms with Crippen molar-refractivity contribution in [2.24, 2.45) is 4.99 Å². The summed E-state index contributed by atoms with van der Waals surface area (Å²) in [6.45, 7) is 3.67. The van der Waals surface area contributed by atoms with E-state index in [4.69, 9.17) is 5.11 Å². The highest BCUT2D eigenvalue weighted by Gasteiger charge is 2.12. The standard InChI is InChI=1S/C7H13NO2/c1-3-5-6(7(9)10)8-4-2/h4,6H,3,5H2,1-2H3,(H,9,10). The fourth-order valence-electron chi connectivity index (χ4n) is 0.715. The number of nitrogens with zero attached hydrogens (tertiary/aromatic N) is 1. The molecule has 0 aliphatic rings. The molecule has 1 unspecified atom stereocenters. The van der Waals surface area contributed by atoms with Gasteiger partial charge >= 0.3 is 5.97 Å². The zero-order chi connectivity index (χ0) is 7.98. The molecule has 0 saturated carbocycles. The molecular formula is C7H13NO2. The van der Waals surface area contributed by atoms with Crippen molar-refractivity contribution in [3.05, 3.63) is 0 Å². The zero-order valence-corrected chi connectivity index (χ0v) is 6.37. The first-order valence-electron chi connectivity index (χ1n) is 3.43. The van der Waals surface area contributed by atoms with Gasteiger partial charge in [-0.3, -0.25) is 4.99 Å². The minimum absolute atomic E-state index is 0.532. The lowest BCUT2D eigenvalue weighted by Gasteiger charge is -2.02. The molecule has 3 nitrogen and oxygen atoms in total. The number of carbonyl (C=O) groups is 1. The van der Waals surface area contributed by atoms with Crippen LogP contribution in [0.4, 0.5) is 0 Å². The van der Waals surface area contributed by atoms with Crippen LogP contribution in [0.25, 0.3) is 0 Å². The first-order valence-corrected chi connectivity index (χ1v) is 3.43. The maximum Gasteiger partial charge on any atom is 0.328 e. The normalized spacial score (nSPS) is 13.8. The van der Waals surface area contributed by atoms with Crippen molar-refractivity contribution in [2.45, 2.75) is 32.7 Å². The molecule has 0 saturated heterocycles. The molecule has 1 N–H and O–H groups in total. The molecule has 0 fully saturated rings. The molecular weight excluding hydrogens is 130 g/mol. The quantitative estimate of drug-likeness (QED) is 0.603. The van der Waals surface area contributed by atoms with Crippen LogP contribution in [0.2, 0.25) is 0 Å². The second kappa shape index (κ2) is 4.97. The summed E-state index contributed by atoms with van der Waals surface area (Å²) < 4.78 is 0. The monoisotopic (exact) mass is 143 g/mol. The van der Waals surface area contributed by atoms with Crippen molar-refractivity contribution in [1.29, 1.82) is 0 Å². The van der Waals surface area contributed by atoms with Crippen LogP contribution in [0, 0.1) is 0 Å². The van der Waals surface area contributed by atoms with Gasteiger partial charge in [-0.25, -0.2) is 4.79 Å². The molecule has 0 aliphatic carbocycles. The fraction of sp³-hybridized carbons (Fsp3) is 0.714. The van der Waals surface area contributed by atoms with E-state index in [1.54, 1.807) is 6.92 Å². The van der Waals surface area contributed by atoms with Crippen LogP contribution < -0.4 is 0 Å². The topological polar surface area (TPSA) is 49.7 Å². The van der Waals surface area contributed by atoms with Gasteiger partial charge in [-0.2, -0.15) is 0 Å². The summed E-state index contributed by atoms with van der Waals surface area (Å²) in [7, 11) is 0. The van der Waals surface area contributed by atoms with Gasteiger partial charge in [0.25, 0.3) is 0 Å². The van der Waals surface area contributed by atoms with E-state index >= 15 is 0 Å². The molecule has 0 spiro atoms. The minimum Gasteiger partial charge on any atom is -0.480 e. The van der Waals surface area contributed by atoms with Gasteiger partial charge in [0.1, 0.15) is 6.04 Å². The summed E-state index contributed by atoms with van der Waals surface area (Å²) in [6.07, 6.45) is 3.02. The van der Waals surface area contributed by atoms with Gasteiger partial charge < -0.3 is 5.11 Å².